The zero-order valence-corrected chi connectivity index (χ0v) is 13.0. The maximum absolute atomic E-state index is 5.34. The van der Waals surface area contributed by atoms with Crippen molar-refractivity contribution < 1.29 is 4.74 Å². The van der Waals surface area contributed by atoms with Gasteiger partial charge < -0.3 is 10.1 Å². The molecule has 0 saturated heterocycles. The van der Waals surface area contributed by atoms with E-state index in [0.717, 1.165) is 23.5 Å². The minimum atomic E-state index is 0.404. The van der Waals surface area contributed by atoms with Crippen LogP contribution in [0.2, 0.25) is 0 Å². The number of rotatable bonds is 4. The van der Waals surface area contributed by atoms with E-state index in [1.54, 1.807) is 7.11 Å². The number of methoxy groups -OCH3 is 1. The van der Waals surface area contributed by atoms with Crippen molar-refractivity contribution in [3.63, 3.8) is 0 Å². The van der Waals surface area contributed by atoms with Gasteiger partial charge in [-0.1, -0.05) is 32.3 Å². The maximum atomic E-state index is 5.34. The van der Waals surface area contributed by atoms with Crippen molar-refractivity contribution in [2.75, 3.05) is 19.0 Å². The van der Waals surface area contributed by atoms with Gasteiger partial charge in [-0.15, -0.1) is 0 Å². The fourth-order valence-electron chi connectivity index (χ4n) is 3.29. The topological polar surface area (TPSA) is 34.1 Å². The first kappa shape index (κ1) is 14.2. The van der Waals surface area contributed by atoms with Crippen molar-refractivity contribution in [3.05, 3.63) is 30.5 Å². The molecule has 1 aliphatic carbocycles. The first-order valence-corrected chi connectivity index (χ1v) is 7.87. The summed E-state index contributed by atoms with van der Waals surface area (Å²) in [6, 6.07) is 8.19. The Bertz CT molecular complexity index is 618. The van der Waals surface area contributed by atoms with E-state index in [1.807, 2.05) is 18.3 Å². The molecule has 1 N–H and O–H groups in total. The van der Waals surface area contributed by atoms with Crippen molar-refractivity contribution in [1.82, 2.24) is 4.98 Å². The highest BCUT2D eigenvalue weighted by Crippen LogP contribution is 2.36. The largest absolute Gasteiger partial charge is 0.497 e. The van der Waals surface area contributed by atoms with Crippen molar-refractivity contribution in [2.24, 2.45) is 5.41 Å². The van der Waals surface area contributed by atoms with E-state index < -0.39 is 0 Å². The summed E-state index contributed by atoms with van der Waals surface area (Å²) in [4.78, 5) is 4.53. The molecule has 0 aliphatic heterocycles. The molecule has 2 aromatic rings. The highest BCUT2D eigenvalue weighted by atomic mass is 16.5. The quantitative estimate of drug-likeness (QED) is 0.889. The Hall–Kier alpha value is -1.77. The maximum Gasteiger partial charge on any atom is 0.133 e. The third-order valence-electron chi connectivity index (χ3n) is 4.72. The summed E-state index contributed by atoms with van der Waals surface area (Å²) >= 11 is 0. The Morgan fingerprint density at radius 3 is 2.76 bits per heavy atom. The number of fused-ring (bicyclic) bond motifs is 1. The normalized spacial score (nSPS) is 17.6. The van der Waals surface area contributed by atoms with Crippen molar-refractivity contribution >= 4 is 16.6 Å². The van der Waals surface area contributed by atoms with Crippen LogP contribution in [-0.2, 0) is 0 Å². The number of hydrogen-bond acceptors (Lipinski definition) is 3. The van der Waals surface area contributed by atoms with Gasteiger partial charge in [0.05, 0.1) is 7.11 Å². The molecule has 3 rings (SSSR count). The fourth-order valence-corrected chi connectivity index (χ4v) is 3.29. The Labute approximate surface area is 126 Å². The zero-order chi connectivity index (χ0) is 14.7. The Morgan fingerprint density at radius 1 is 1.19 bits per heavy atom. The molecular weight excluding hydrogens is 260 g/mol. The standard InChI is InChI=1S/C18H24N2O/c1-18(9-4-3-5-10-18)13-20-17-16-12-15(21-2)7-6-14(16)8-11-19-17/h6-8,11-12H,3-5,9-10,13H2,1-2H3,(H,19,20). The number of benzene rings is 1. The van der Waals surface area contributed by atoms with Gasteiger partial charge in [0.15, 0.2) is 0 Å². The van der Waals surface area contributed by atoms with Crippen LogP contribution in [0.15, 0.2) is 30.5 Å². The SMILES string of the molecule is COc1ccc2ccnc(NCC3(C)CCCCC3)c2c1. The smallest absolute Gasteiger partial charge is 0.133 e. The molecule has 3 nitrogen and oxygen atoms in total. The summed E-state index contributed by atoms with van der Waals surface area (Å²) < 4.78 is 5.34. The predicted molar refractivity (Wildman–Crippen MR) is 88.0 cm³/mol. The van der Waals surface area contributed by atoms with Crippen molar-refractivity contribution in [1.29, 1.82) is 0 Å². The molecule has 0 spiro atoms. The first-order valence-electron chi connectivity index (χ1n) is 7.87. The minimum absolute atomic E-state index is 0.404. The third kappa shape index (κ3) is 3.12. The van der Waals surface area contributed by atoms with Crippen LogP contribution in [-0.4, -0.2) is 18.6 Å². The molecule has 1 saturated carbocycles. The lowest BCUT2D eigenvalue weighted by atomic mass is 9.76. The molecule has 21 heavy (non-hydrogen) atoms. The van der Waals surface area contributed by atoms with Crippen molar-refractivity contribution in [2.45, 2.75) is 39.0 Å². The highest BCUT2D eigenvalue weighted by Gasteiger charge is 2.26. The second-order valence-corrected chi connectivity index (χ2v) is 6.47. The van der Waals surface area contributed by atoms with Crippen LogP contribution in [0.25, 0.3) is 10.8 Å². The molecule has 0 radical (unpaired) electrons. The van der Waals surface area contributed by atoms with Gasteiger partial charge in [0.25, 0.3) is 0 Å². The average Bonchev–Trinajstić information content (AvgIpc) is 2.53. The van der Waals surface area contributed by atoms with Crippen LogP contribution < -0.4 is 10.1 Å². The van der Waals surface area contributed by atoms with Crippen LogP contribution >= 0.6 is 0 Å². The molecule has 1 aromatic heterocycles. The number of aromatic nitrogens is 1. The summed E-state index contributed by atoms with van der Waals surface area (Å²) in [5, 5.41) is 5.91. The Balaban J connectivity index is 1.82. The van der Waals surface area contributed by atoms with Crippen LogP contribution in [0.3, 0.4) is 0 Å². The van der Waals surface area contributed by atoms with E-state index in [9.17, 15) is 0 Å². The second kappa shape index (κ2) is 5.92. The van der Waals surface area contributed by atoms with E-state index in [2.05, 4.69) is 29.4 Å². The first-order chi connectivity index (χ1) is 10.2. The van der Waals surface area contributed by atoms with Gasteiger partial charge in [-0.25, -0.2) is 4.98 Å². The van der Waals surface area contributed by atoms with E-state index >= 15 is 0 Å². The summed E-state index contributed by atoms with van der Waals surface area (Å²) in [7, 11) is 1.70. The van der Waals surface area contributed by atoms with E-state index in [1.165, 1.54) is 37.5 Å². The lowest BCUT2D eigenvalue weighted by molar-refractivity contribution is 0.233. The minimum Gasteiger partial charge on any atom is -0.497 e. The molecule has 112 valence electrons. The molecule has 1 aromatic carbocycles. The van der Waals surface area contributed by atoms with Crippen molar-refractivity contribution in [3.8, 4) is 5.75 Å². The van der Waals surface area contributed by atoms with E-state index in [-0.39, 0.29) is 0 Å². The highest BCUT2D eigenvalue weighted by molar-refractivity contribution is 5.92. The number of hydrogen-bond donors (Lipinski definition) is 1. The summed E-state index contributed by atoms with van der Waals surface area (Å²) in [6.45, 7) is 3.39. The predicted octanol–water partition coefficient (Wildman–Crippen LogP) is 4.63. The number of pyridine rings is 1. The van der Waals surface area contributed by atoms with Gasteiger partial charge >= 0.3 is 0 Å². The molecule has 1 heterocycles. The Kier molecular flexibility index (Phi) is 4.00. The molecule has 0 bridgehead atoms. The number of nitrogens with zero attached hydrogens (tertiary/aromatic N) is 1. The molecule has 0 unspecified atom stereocenters. The molecule has 1 fully saturated rings. The van der Waals surface area contributed by atoms with E-state index in [0.29, 0.717) is 5.41 Å². The van der Waals surface area contributed by atoms with Gasteiger partial charge in [-0.05, 0) is 41.8 Å². The van der Waals surface area contributed by atoms with Crippen LogP contribution in [0.4, 0.5) is 5.82 Å². The van der Waals surface area contributed by atoms with Gasteiger partial charge in [-0.2, -0.15) is 0 Å². The summed E-state index contributed by atoms with van der Waals surface area (Å²) in [5.74, 6) is 1.85. The second-order valence-electron chi connectivity index (χ2n) is 6.47. The molecule has 0 amide bonds. The van der Waals surface area contributed by atoms with Crippen LogP contribution in [0.5, 0.6) is 5.75 Å². The number of anilines is 1. The summed E-state index contributed by atoms with van der Waals surface area (Å²) in [6.07, 6.45) is 8.60. The van der Waals surface area contributed by atoms with Gasteiger partial charge in [0, 0.05) is 18.1 Å². The molecule has 3 heteroatoms. The molecule has 1 aliphatic rings. The molecular formula is C18H24N2O. The van der Waals surface area contributed by atoms with Gasteiger partial charge in [-0.3, -0.25) is 0 Å². The average molecular weight is 284 g/mol. The lowest BCUT2D eigenvalue weighted by Crippen LogP contribution is -2.29. The lowest BCUT2D eigenvalue weighted by Gasteiger charge is -2.34. The van der Waals surface area contributed by atoms with Gasteiger partial charge in [0.1, 0.15) is 11.6 Å². The zero-order valence-electron chi connectivity index (χ0n) is 13.0. The summed E-state index contributed by atoms with van der Waals surface area (Å²) in [5.41, 5.74) is 0.404. The van der Waals surface area contributed by atoms with Gasteiger partial charge in [0.2, 0.25) is 0 Å². The fraction of sp³-hybridized carbons (Fsp3) is 0.500. The van der Waals surface area contributed by atoms with Crippen LogP contribution in [0.1, 0.15) is 39.0 Å². The van der Waals surface area contributed by atoms with Crippen LogP contribution in [0, 0.1) is 5.41 Å². The number of nitrogens with one attached hydrogen (secondary N) is 1. The Morgan fingerprint density at radius 2 is 2.00 bits per heavy atom. The monoisotopic (exact) mass is 284 g/mol. The molecule has 0 atom stereocenters. The number of ether oxygens (including phenoxy) is 1. The third-order valence-corrected chi connectivity index (χ3v) is 4.72. The van der Waals surface area contributed by atoms with E-state index in [4.69, 9.17) is 4.74 Å².